The first-order valence-corrected chi connectivity index (χ1v) is 6.06. The summed E-state index contributed by atoms with van der Waals surface area (Å²) >= 11 is 1.71. The van der Waals surface area contributed by atoms with Gasteiger partial charge in [-0.05, 0) is 32.4 Å². The zero-order chi connectivity index (χ0) is 12.6. The summed E-state index contributed by atoms with van der Waals surface area (Å²) in [5.41, 5.74) is 1.12. The molecule has 1 aliphatic heterocycles. The molecular weight excluding hydrogens is 238 g/mol. The van der Waals surface area contributed by atoms with Gasteiger partial charge in [0.15, 0.2) is 0 Å². The number of aliphatic imine (C=N–C) groups is 1. The summed E-state index contributed by atoms with van der Waals surface area (Å²) in [5.74, 6) is -1.08. The summed E-state index contributed by atoms with van der Waals surface area (Å²) in [5, 5.41) is 4.77. The van der Waals surface area contributed by atoms with Gasteiger partial charge in [0.1, 0.15) is 0 Å². The summed E-state index contributed by atoms with van der Waals surface area (Å²) in [6.45, 7) is 6.01. The number of carbonyl (C=O) groups excluding carboxylic acids is 2. The molecule has 5 nitrogen and oxygen atoms in total. The number of rotatable bonds is 2. The first-order valence-electron chi connectivity index (χ1n) is 5.24. The van der Waals surface area contributed by atoms with E-state index in [0.29, 0.717) is 0 Å². The number of carbonyl (C=O) groups is 2. The molecule has 1 atom stereocenters. The van der Waals surface area contributed by atoms with Crippen molar-refractivity contribution in [3.05, 3.63) is 21.4 Å². The fourth-order valence-electron chi connectivity index (χ4n) is 1.75. The molecule has 0 radical (unpaired) electrons. The standard InChI is InChI=1S/C11H13N3O2S/c1-5-4-8(7(3)17-5)6(2)12-11-13-9(15)10(16)14-11/h4,6H,1-3H3,(H2,12,13,14,15,16). The van der Waals surface area contributed by atoms with E-state index in [4.69, 9.17) is 0 Å². The lowest BCUT2D eigenvalue weighted by atomic mass is 10.1. The van der Waals surface area contributed by atoms with Gasteiger partial charge in [0.2, 0.25) is 5.96 Å². The lowest BCUT2D eigenvalue weighted by molar-refractivity contribution is -0.135. The van der Waals surface area contributed by atoms with Crippen molar-refractivity contribution in [2.75, 3.05) is 0 Å². The van der Waals surface area contributed by atoms with Crippen LogP contribution in [0.15, 0.2) is 11.1 Å². The van der Waals surface area contributed by atoms with E-state index >= 15 is 0 Å². The molecule has 1 fully saturated rings. The van der Waals surface area contributed by atoms with Gasteiger partial charge in [-0.1, -0.05) is 0 Å². The van der Waals surface area contributed by atoms with Crippen LogP contribution in [0.25, 0.3) is 0 Å². The number of thiophene rings is 1. The average molecular weight is 251 g/mol. The van der Waals surface area contributed by atoms with Crippen LogP contribution in [-0.2, 0) is 9.59 Å². The molecule has 1 aliphatic rings. The maximum absolute atomic E-state index is 11.0. The van der Waals surface area contributed by atoms with Crippen LogP contribution < -0.4 is 10.6 Å². The van der Waals surface area contributed by atoms with Crippen molar-refractivity contribution in [2.24, 2.45) is 4.99 Å². The third-order valence-corrected chi connectivity index (χ3v) is 3.50. The van der Waals surface area contributed by atoms with Gasteiger partial charge in [-0.25, -0.2) is 4.99 Å². The molecule has 6 heteroatoms. The lowest BCUT2D eigenvalue weighted by Crippen LogP contribution is -2.26. The van der Waals surface area contributed by atoms with Crippen molar-refractivity contribution in [3.63, 3.8) is 0 Å². The number of amides is 2. The van der Waals surface area contributed by atoms with Crippen molar-refractivity contribution in [1.29, 1.82) is 0 Å². The Morgan fingerprint density at radius 1 is 1.24 bits per heavy atom. The van der Waals surface area contributed by atoms with Gasteiger partial charge >= 0.3 is 11.8 Å². The molecule has 1 unspecified atom stereocenters. The van der Waals surface area contributed by atoms with Crippen LogP contribution in [0.3, 0.4) is 0 Å². The highest BCUT2D eigenvalue weighted by Gasteiger charge is 2.26. The monoisotopic (exact) mass is 251 g/mol. The van der Waals surface area contributed by atoms with Gasteiger partial charge in [-0.15, -0.1) is 11.3 Å². The fraction of sp³-hybridized carbons (Fsp3) is 0.364. The number of aryl methyl sites for hydroxylation is 2. The Morgan fingerprint density at radius 3 is 2.29 bits per heavy atom. The van der Waals surface area contributed by atoms with Crippen LogP contribution in [0.5, 0.6) is 0 Å². The Kier molecular flexibility index (Phi) is 2.97. The molecular formula is C11H13N3O2S. The number of nitrogens with zero attached hydrogens (tertiary/aromatic N) is 1. The molecule has 0 saturated carbocycles. The molecule has 1 saturated heterocycles. The molecule has 2 rings (SSSR count). The van der Waals surface area contributed by atoms with Crippen LogP contribution in [-0.4, -0.2) is 17.8 Å². The van der Waals surface area contributed by atoms with E-state index in [-0.39, 0.29) is 12.0 Å². The second-order valence-electron chi connectivity index (χ2n) is 3.93. The number of hydrogen-bond donors (Lipinski definition) is 2. The van der Waals surface area contributed by atoms with Gasteiger partial charge in [-0.2, -0.15) is 0 Å². The maximum atomic E-state index is 11.0. The number of guanidine groups is 1. The molecule has 90 valence electrons. The molecule has 1 aromatic rings. The Hall–Kier alpha value is -1.69. The van der Waals surface area contributed by atoms with E-state index in [9.17, 15) is 9.59 Å². The van der Waals surface area contributed by atoms with Crippen molar-refractivity contribution < 1.29 is 9.59 Å². The Balaban J connectivity index is 2.20. The van der Waals surface area contributed by atoms with Crippen LogP contribution in [0.2, 0.25) is 0 Å². The highest BCUT2D eigenvalue weighted by atomic mass is 32.1. The minimum absolute atomic E-state index is 0.0892. The minimum atomic E-state index is -0.658. The Labute approximate surface area is 103 Å². The molecule has 2 amide bonds. The average Bonchev–Trinajstić information content (AvgIpc) is 2.71. The van der Waals surface area contributed by atoms with E-state index < -0.39 is 11.8 Å². The second-order valence-corrected chi connectivity index (χ2v) is 5.39. The zero-order valence-electron chi connectivity index (χ0n) is 9.83. The van der Waals surface area contributed by atoms with Crippen LogP contribution in [0, 0.1) is 13.8 Å². The molecule has 2 heterocycles. The van der Waals surface area contributed by atoms with Crippen LogP contribution in [0.4, 0.5) is 0 Å². The molecule has 0 bridgehead atoms. The van der Waals surface area contributed by atoms with Gasteiger partial charge < -0.3 is 0 Å². The first kappa shape index (κ1) is 11.8. The SMILES string of the molecule is Cc1cc(C(C)N=C2NC(=O)C(=O)N2)c(C)s1. The number of nitrogens with one attached hydrogen (secondary N) is 2. The summed E-state index contributed by atoms with van der Waals surface area (Å²) in [6, 6.07) is 1.99. The Bertz CT molecular complexity index is 501. The summed E-state index contributed by atoms with van der Waals surface area (Å²) in [4.78, 5) is 28.7. The minimum Gasteiger partial charge on any atom is -0.288 e. The summed E-state index contributed by atoms with van der Waals surface area (Å²) < 4.78 is 0. The molecule has 0 aromatic carbocycles. The fourth-order valence-corrected chi connectivity index (χ4v) is 2.77. The van der Waals surface area contributed by atoms with Crippen molar-refractivity contribution in [3.8, 4) is 0 Å². The summed E-state index contributed by atoms with van der Waals surface area (Å²) in [6.07, 6.45) is 0. The topological polar surface area (TPSA) is 70.6 Å². The van der Waals surface area contributed by atoms with Crippen LogP contribution in [0.1, 0.15) is 28.3 Å². The predicted octanol–water partition coefficient (Wildman–Crippen LogP) is 1.03. The highest BCUT2D eigenvalue weighted by Crippen LogP contribution is 2.28. The highest BCUT2D eigenvalue weighted by molar-refractivity contribution is 7.12. The second kappa shape index (κ2) is 4.29. The van der Waals surface area contributed by atoms with Gasteiger partial charge in [0, 0.05) is 9.75 Å². The predicted molar refractivity (Wildman–Crippen MR) is 65.9 cm³/mol. The van der Waals surface area contributed by atoms with E-state index in [0.717, 1.165) is 5.56 Å². The first-order chi connectivity index (χ1) is 7.97. The summed E-state index contributed by atoms with van der Waals surface area (Å²) in [7, 11) is 0. The third-order valence-electron chi connectivity index (χ3n) is 2.52. The largest absolute Gasteiger partial charge is 0.316 e. The molecule has 0 aliphatic carbocycles. The third kappa shape index (κ3) is 2.36. The molecule has 17 heavy (non-hydrogen) atoms. The van der Waals surface area contributed by atoms with Gasteiger partial charge in [-0.3, -0.25) is 20.2 Å². The van der Waals surface area contributed by atoms with E-state index in [2.05, 4.69) is 21.7 Å². The molecule has 0 spiro atoms. The van der Waals surface area contributed by atoms with Crippen molar-refractivity contribution in [2.45, 2.75) is 26.8 Å². The smallest absolute Gasteiger partial charge is 0.288 e. The van der Waals surface area contributed by atoms with Gasteiger partial charge in [0.05, 0.1) is 6.04 Å². The van der Waals surface area contributed by atoms with E-state index in [1.807, 2.05) is 20.8 Å². The number of hydrogen-bond acceptors (Lipinski definition) is 4. The van der Waals surface area contributed by atoms with Crippen molar-refractivity contribution >= 4 is 29.1 Å². The van der Waals surface area contributed by atoms with E-state index in [1.54, 1.807) is 11.3 Å². The van der Waals surface area contributed by atoms with Crippen LogP contribution >= 0.6 is 11.3 Å². The molecule has 1 aromatic heterocycles. The molecule has 2 N–H and O–H groups in total. The quantitative estimate of drug-likeness (QED) is 0.771. The van der Waals surface area contributed by atoms with Crippen molar-refractivity contribution in [1.82, 2.24) is 10.6 Å². The maximum Gasteiger partial charge on any atom is 0.316 e. The normalized spacial score (nSPS) is 16.8. The van der Waals surface area contributed by atoms with Gasteiger partial charge in [0.25, 0.3) is 0 Å². The zero-order valence-corrected chi connectivity index (χ0v) is 10.6. The lowest BCUT2D eigenvalue weighted by Gasteiger charge is -2.06. The Morgan fingerprint density at radius 2 is 1.82 bits per heavy atom. The van der Waals surface area contributed by atoms with E-state index in [1.165, 1.54) is 9.75 Å².